The second kappa shape index (κ2) is 4.42. The van der Waals surface area contributed by atoms with Gasteiger partial charge >= 0.3 is 79.7 Å². The second-order valence-electron chi connectivity index (χ2n) is 2.12. The Hall–Kier alpha value is -0.615. The van der Waals surface area contributed by atoms with Crippen molar-refractivity contribution in [3.8, 4) is 5.75 Å². The van der Waals surface area contributed by atoms with Crippen LogP contribution in [0.25, 0.3) is 0 Å². The molecule has 0 spiro atoms. The first kappa shape index (κ1) is 11.4. The molecule has 4 N–H and O–H groups in total. The molecule has 0 aliphatic rings. The van der Waals surface area contributed by atoms with Crippen LogP contribution in [0.15, 0.2) is 18.2 Å². The van der Waals surface area contributed by atoms with Crippen LogP contribution in [0.1, 0.15) is 10.4 Å². The first-order valence-electron chi connectivity index (χ1n) is 3.00. The minimum absolute atomic E-state index is 0. The first-order chi connectivity index (χ1) is 5.13. The Morgan fingerprint density at radius 3 is 2.42 bits per heavy atom. The van der Waals surface area contributed by atoms with Gasteiger partial charge in [0, 0.05) is 0 Å². The van der Waals surface area contributed by atoms with Crippen molar-refractivity contribution in [3.63, 3.8) is 0 Å². The number of hydrogen-bond acceptors (Lipinski definition) is 2. The number of rotatable bonds is 1. The average Bonchev–Trinajstić information content (AvgIpc) is 1.94. The molecule has 0 saturated carbocycles. The Balaban J connectivity index is 0.00000121. The van der Waals surface area contributed by atoms with E-state index in [0.29, 0.717) is 0 Å². The molecule has 0 saturated heterocycles. The summed E-state index contributed by atoms with van der Waals surface area (Å²) >= 11 is 0.258. The fourth-order valence-electron chi connectivity index (χ4n) is 0.764. The molecule has 0 amide bonds. The summed E-state index contributed by atoms with van der Waals surface area (Å²) in [6.45, 7) is 0. The number of phenols is 1. The van der Waals surface area contributed by atoms with Gasteiger partial charge < -0.3 is 5.48 Å². The Kier molecular flexibility index (Phi) is 4.19. The van der Waals surface area contributed by atoms with Crippen LogP contribution in [0.5, 0.6) is 5.75 Å². The van der Waals surface area contributed by atoms with Crippen LogP contribution in [0.3, 0.4) is 0 Å². The second-order valence-corrected chi connectivity index (χ2v) is 5.08. The van der Waals surface area contributed by atoms with E-state index < -0.39 is 5.97 Å². The standard InChI is InChI=1S/C7H5O3.Hg.H2O/c8-6-4-2-1-3-5(6)7(9)10;;/h1-3,8H,(H,9,10);;1H2. The molecule has 0 aliphatic heterocycles. The zero-order valence-corrected chi connectivity index (χ0v) is 11.7. The van der Waals surface area contributed by atoms with E-state index >= 15 is 0 Å². The summed E-state index contributed by atoms with van der Waals surface area (Å²) in [5.41, 5.74) is -0.00231. The number of hydrogen-bond donors (Lipinski definition) is 2. The van der Waals surface area contributed by atoms with E-state index in [1.807, 2.05) is 0 Å². The zero-order chi connectivity index (χ0) is 8.43. The molecule has 0 aliphatic carbocycles. The summed E-state index contributed by atoms with van der Waals surface area (Å²) in [5, 5.41) is 17.8. The molecule has 12 heavy (non-hydrogen) atoms. The van der Waals surface area contributed by atoms with Gasteiger partial charge in [-0.1, -0.05) is 0 Å². The van der Waals surface area contributed by atoms with Gasteiger partial charge in [0.25, 0.3) is 0 Å². The molecule has 5 heteroatoms. The van der Waals surface area contributed by atoms with Crippen molar-refractivity contribution in [1.29, 1.82) is 0 Å². The topological polar surface area (TPSA) is 89.0 Å². The molecular formula is C7H7HgO4. The normalized spacial score (nSPS) is 8.83. The zero-order valence-electron chi connectivity index (χ0n) is 6.24. The van der Waals surface area contributed by atoms with Crippen molar-refractivity contribution in [3.05, 3.63) is 23.8 Å². The molecular weight excluding hydrogens is 349 g/mol. The van der Waals surface area contributed by atoms with E-state index in [1.165, 1.54) is 6.07 Å². The molecule has 0 radical (unpaired) electrons. The predicted molar refractivity (Wildman–Crippen MR) is 38.3 cm³/mol. The van der Waals surface area contributed by atoms with Crippen LogP contribution >= 0.6 is 0 Å². The average molecular weight is 356 g/mol. The molecule has 0 bridgehead atoms. The van der Waals surface area contributed by atoms with Crippen LogP contribution in [0.4, 0.5) is 0 Å². The van der Waals surface area contributed by atoms with Gasteiger partial charge in [-0.2, -0.15) is 0 Å². The molecule has 0 fully saturated rings. The van der Waals surface area contributed by atoms with Crippen molar-refractivity contribution in [2.24, 2.45) is 0 Å². The Morgan fingerprint density at radius 2 is 2.00 bits per heavy atom. The van der Waals surface area contributed by atoms with E-state index in [2.05, 4.69) is 0 Å². The molecule has 0 heterocycles. The van der Waals surface area contributed by atoms with Crippen LogP contribution < -0.4 is 3.07 Å². The summed E-state index contributed by atoms with van der Waals surface area (Å²) in [7, 11) is 0. The summed E-state index contributed by atoms with van der Waals surface area (Å²) in [6.07, 6.45) is 0. The van der Waals surface area contributed by atoms with E-state index in [-0.39, 0.29) is 42.9 Å². The van der Waals surface area contributed by atoms with Gasteiger partial charge in [0.2, 0.25) is 0 Å². The Labute approximate surface area is 85.1 Å². The number of carbonyl (C=O) groups is 1. The molecule has 0 atom stereocenters. The number of benzene rings is 1. The van der Waals surface area contributed by atoms with Crippen molar-refractivity contribution < 1.29 is 46.6 Å². The molecule has 0 unspecified atom stereocenters. The third-order valence-corrected chi connectivity index (χ3v) is 3.57. The Morgan fingerprint density at radius 1 is 1.42 bits per heavy atom. The van der Waals surface area contributed by atoms with E-state index in [9.17, 15) is 9.90 Å². The van der Waals surface area contributed by atoms with Crippen LogP contribution in [0.2, 0.25) is 0 Å². The monoisotopic (exact) mass is 357 g/mol. The maximum atomic E-state index is 10.4. The SMILES string of the molecule is O.O=C(O)c1ccc[c]([Hg])c1O. The van der Waals surface area contributed by atoms with Crippen molar-refractivity contribution in [2.75, 3.05) is 0 Å². The molecule has 1 aromatic rings. The fraction of sp³-hybridized carbons (Fsp3) is 0. The summed E-state index contributed by atoms with van der Waals surface area (Å²) in [5.74, 6) is -1.14. The van der Waals surface area contributed by atoms with Gasteiger partial charge in [0.15, 0.2) is 0 Å². The maximum absolute atomic E-state index is 10.4. The number of aromatic carboxylic acids is 1. The summed E-state index contributed by atoms with van der Waals surface area (Å²) in [6, 6.07) is 4.78. The number of carboxylic acid groups (broad SMARTS) is 1. The minimum atomic E-state index is -1.07. The number of carboxylic acids is 1. The number of para-hydroxylation sites is 1. The van der Waals surface area contributed by atoms with Gasteiger partial charge in [-0.25, -0.2) is 0 Å². The Bertz CT molecular complexity index is 297. The van der Waals surface area contributed by atoms with Crippen molar-refractivity contribution in [2.45, 2.75) is 0 Å². The fourth-order valence-corrected chi connectivity index (χ4v) is 2.03. The molecule has 1 rings (SSSR count). The van der Waals surface area contributed by atoms with E-state index in [4.69, 9.17) is 5.11 Å². The van der Waals surface area contributed by atoms with Gasteiger partial charge in [-0.05, 0) is 0 Å². The predicted octanol–water partition coefficient (Wildman–Crippen LogP) is -0.562. The van der Waals surface area contributed by atoms with E-state index in [0.717, 1.165) is 3.07 Å². The van der Waals surface area contributed by atoms with Gasteiger partial charge in [-0.15, -0.1) is 0 Å². The van der Waals surface area contributed by atoms with Crippen LogP contribution in [0, 0.1) is 0 Å². The third kappa shape index (κ3) is 2.18. The van der Waals surface area contributed by atoms with Crippen molar-refractivity contribution in [1.82, 2.24) is 0 Å². The molecule has 1 aromatic carbocycles. The van der Waals surface area contributed by atoms with Crippen LogP contribution in [-0.4, -0.2) is 21.7 Å². The molecule has 4 nitrogen and oxygen atoms in total. The van der Waals surface area contributed by atoms with Gasteiger partial charge in [-0.3, -0.25) is 0 Å². The number of aromatic hydroxyl groups is 1. The summed E-state index contributed by atoms with van der Waals surface area (Å²) < 4.78 is 0.768. The van der Waals surface area contributed by atoms with Crippen molar-refractivity contribution >= 4 is 9.04 Å². The molecule has 61 valence electrons. The van der Waals surface area contributed by atoms with Gasteiger partial charge in [0.05, 0.1) is 0 Å². The van der Waals surface area contributed by atoms with Gasteiger partial charge in [0.1, 0.15) is 0 Å². The first-order valence-corrected chi connectivity index (χ1v) is 5.75. The summed E-state index contributed by atoms with van der Waals surface area (Å²) in [4.78, 5) is 10.4. The quantitative estimate of drug-likeness (QED) is 0.662. The molecule has 0 aromatic heterocycles. The van der Waals surface area contributed by atoms with E-state index in [1.54, 1.807) is 12.1 Å². The third-order valence-electron chi connectivity index (χ3n) is 1.35. The van der Waals surface area contributed by atoms with Crippen LogP contribution in [-0.2, 0) is 26.1 Å².